The van der Waals surface area contributed by atoms with Crippen molar-refractivity contribution in [2.45, 2.75) is 39.2 Å². The predicted octanol–water partition coefficient (Wildman–Crippen LogP) is 3.13. The highest BCUT2D eigenvalue weighted by Crippen LogP contribution is 2.39. The maximum Gasteiger partial charge on any atom is 0.244 e. The molecule has 1 aromatic rings. The van der Waals surface area contributed by atoms with Crippen LogP contribution in [0.3, 0.4) is 0 Å². The van der Waals surface area contributed by atoms with Gasteiger partial charge in [-0.3, -0.25) is 4.79 Å². The first-order valence-corrected chi connectivity index (χ1v) is 6.98. The quantitative estimate of drug-likeness (QED) is 0.901. The Morgan fingerprint density at radius 2 is 1.89 bits per heavy atom. The topological polar surface area (TPSA) is 55.1 Å². The molecule has 0 radical (unpaired) electrons. The van der Waals surface area contributed by atoms with Gasteiger partial charge in [-0.05, 0) is 62.8 Å². The molecule has 2 rings (SSSR count). The number of anilines is 1. The average Bonchev–Trinajstić information content (AvgIpc) is 3.06. The van der Waals surface area contributed by atoms with E-state index in [0.29, 0.717) is 5.92 Å². The number of carbonyl (C=O) groups excluding carboxylic acids is 1. The van der Waals surface area contributed by atoms with E-state index < -0.39 is 5.54 Å². The molecule has 1 unspecified atom stereocenters. The number of nitrogens with one attached hydrogen (secondary N) is 1. The van der Waals surface area contributed by atoms with Gasteiger partial charge >= 0.3 is 0 Å². The molecule has 18 heavy (non-hydrogen) atoms. The lowest BCUT2D eigenvalue weighted by Gasteiger charge is -2.24. The number of halogens is 1. The molecule has 1 atom stereocenters. The van der Waals surface area contributed by atoms with Gasteiger partial charge in [-0.2, -0.15) is 0 Å². The third-order valence-corrected chi connectivity index (χ3v) is 4.11. The molecule has 1 aliphatic rings. The Hall–Kier alpha value is -0.870. The van der Waals surface area contributed by atoms with Gasteiger partial charge in [0.1, 0.15) is 0 Å². The van der Waals surface area contributed by atoms with Gasteiger partial charge in [-0.15, -0.1) is 0 Å². The van der Waals surface area contributed by atoms with Gasteiger partial charge in [-0.1, -0.05) is 15.9 Å². The largest absolute Gasteiger partial charge is 0.324 e. The number of hydrogen-bond acceptors (Lipinski definition) is 2. The second-order valence-corrected chi connectivity index (χ2v) is 6.34. The zero-order chi connectivity index (χ0) is 13.5. The SMILES string of the molecule is Cc1cc(Br)cc(C)c1NC(=O)C(C)(N)C1CC1. The van der Waals surface area contributed by atoms with E-state index in [9.17, 15) is 4.79 Å². The van der Waals surface area contributed by atoms with Crippen molar-refractivity contribution >= 4 is 27.5 Å². The maximum absolute atomic E-state index is 12.3. The van der Waals surface area contributed by atoms with Crippen molar-refractivity contribution in [2.75, 3.05) is 5.32 Å². The zero-order valence-electron chi connectivity index (χ0n) is 11.0. The lowest BCUT2D eigenvalue weighted by molar-refractivity contribution is -0.121. The molecular weight excluding hydrogens is 292 g/mol. The van der Waals surface area contributed by atoms with Gasteiger partial charge in [0.15, 0.2) is 0 Å². The highest BCUT2D eigenvalue weighted by Gasteiger charge is 2.44. The van der Waals surface area contributed by atoms with Crippen LogP contribution in [0.2, 0.25) is 0 Å². The van der Waals surface area contributed by atoms with Crippen molar-refractivity contribution in [3.63, 3.8) is 0 Å². The van der Waals surface area contributed by atoms with Gasteiger partial charge in [-0.25, -0.2) is 0 Å². The van der Waals surface area contributed by atoms with Gasteiger partial charge in [0, 0.05) is 10.2 Å². The Morgan fingerprint density at radius 1 is 1.39 bits per heavy atom. The summed E-state index contributed by atoms with van der Waals surface area (Å²) in [7, 11) is 0. The highest BCUT2D eigenvalue weighted by molar-refractivity contribution is 9.10. The highest BCUT2D eigenvalue weighted by atomic mass is 79.9. The summed E-state index contributed by atoms with van der Waals surface area (Å²) in [5.74, 6) is 0.243. The molecule has 0 bridgehead atoms. The Morgan fingerprint density at radius 3 is 2.33 bits per heavy atom. The zero-order valence-corrected chi connectivity index (χ0v) is 12.6. The molecule has 0 spiro atoms. The number of carbonyl (C=O) groups is 1. The molecule has 0 heterocycles. The summed E-state index contributed by atoms with van der Waals surface area (Å²) in [6.07, 6.45) is 2.11. The van der Waals surface area contributed by atoms with E-state index in [0.717, 1.165) is 34.1 Å². The summed E-state index contributed by atoms with van der Waals surface area (Å²) in [6.45, 7) is 5.79. The normalized spacial score (nSPS) is 18.3. The van der Waals surface area contributed by atoms with Crippen molar-refractivity contribution in [2.24, 2.45) is 11.7 Å². The third kappa shape index (κ3) is 2.59. The molecule has 1 aliphatic carbocycles. The fraction of sp³-hybridized carbons (Fsp3) is 0.500. The minimum atomic E-state index is -0.758. The molecule has 0 aliphatic heterocycles. The van der Waals surface area contributed by atoms with Gasteiger partial charge in [0.05, 0.1) is 5.54 Å². The second kappa shape index (κ2) is 4.67. The fourth-order valence-corrected chi connectivity index (χ4v) is 2.91. The molecule has 1 amide bonds. The van der Waals surface area contributed by atoms with E-state index in [1.165, 1.54) is 0 Å². The van der Waals surface area contributed by atoms with E-state index in [1.54, 1.807) is 0 Å². The Labute approximate surface area is 116 Å². The fourth-order valence-electron chi connectivity index (χ4n) is 2.22. The maximum atomic E-state index is 12.3. The van der Waals surface area contributed by atoms with Crippen LogP contribution in [0.15, 0.2) is 16.6 Å². The minimum absolute atomic E-state index is 0.0847. The smallest absolute Gasteiger partial charge is 0.244 e. The summed E-state index contributed by atoms with van der Waals surface area (Å²) < 4.78 is 1.02. The Bertz CT molecular complexity index is 470. The van der Waals surface area contributed by atoms with Crippen molar-refractivity contribution in [3.8, 4) is 0 Å². The summed E-state index contributed by atoms with van der Waals surface area (Å²) in [4.78, 5) is 12.3. The minimum Gasteiger partial charge on any atom is -0.324 e. The number of hydrogen-bond donors (Lipinski definition) is 2. The molecule has 0 saturated heterocycles. The lowest BCUT2D eigenvalue weighted by Crippen LogP contribution is -2.50. The van der Waals surface area contributed by atoms with Crippen molar-refractivity contribution in [1.29, 1.82) is 0 Å². The van der Waals surface area contributed by atoms with Crippen LogP contribution in [-0.2, 0) is 4.79 Å². The molecule has 1 aromatic carbocycles. The van der Waals surface area contributed by atoms with Crippen LogP contribution in [0.5, 0.6) is 0 Å². The van der Waals surface area contributed by atoms with E-state index in [-0.39, 0.29) is 5.91 Å². The van der Waals surface area contributed by atoms with Crippen LogP contribution in [0.4, 0.5) is 5.69 Å². The number of amides is 1. The van der Waals surface area contributed by atoms with E-state index in [1.807, 2.05) is 32.9 Å². The molecule has 3 N–H and O–H groups in total. The van der Waals surface area contributed by atoms with Crippen LogP contribution < -0.4 is 11.1 Å². The van der Waals surface area contributed by atoms with E-state index in [4.69, 9.17) is 5.73 Å². The first-order chi connectivity index (χ1) is 8.32. The molecule has 1 fully saturated rings. The van der Waals surface area contributed by atoms with Crippen LogP contribution >= 0.6 is 15.9 Å². The molecule has 4 heteroatoms. The summed E-state index contributed by atoms with van der Waals surface area (Å²) >= 11 is 3.45. The Balaban J connectivity index is 2.21. The number of rotatable bonds is 3. The molecule has 1 saturated carbocycles. The molecule has 98 valence electrons. The van der Waals surface area contributed by atoms with E-state index >= 15 is 0 Å². The first kappa shape index (κ1) is 13.6. The van der Waals surface area contributed by atoms with Gasteiger partial charge in [0.25, 0.3) is 0 Å². The van der Waals surface area contributed by atoms with E-state index in [2.05, 4.69) is 21.2 Å². The van der Waals surface area contributed by atoms with Crippen LogP contribution in [0, 0.1) is 19.8 Å². The van der Waals surface area contributed by atoms with Gasteiger partial charge in [0.2, 0.25) is 5.91 Å². The van der Waals surface area contributed by atoms with Crippen LogP contribution in [0.25, 0.3) is 0 Å². The van der Waals surface area contributed by atoms with Crippen molar-refractivity contribution in [3.05, 3.63) is 27.7 Å². The summed E-state index contributed by atoms with van der Waals surface area (Å²) in [5.41, 5.74) is 8.33. The number of benzene rings is 1. The molecule has 3 nitrogen and oxygen atoms in total. The number of nitrogens with two attached hydrogens (primary N) is 1. The number of aryl methyl sites for hydroxylation is 2. The monoisotopic (exact) mass is 310 g/mol. The third-order valence-electron chi connectivity index (χ3n) is 3.65. The molecule has 0 aromatic heterocycles. The lowest BCUT2D eigenvalue weighted by atomic mass is 9.95. The summed E-state index contributed by atoms with van der Waals surface area (Å²) in [5, 5.41) is 2.98. The van der Waals surface area contributed by atoms with Crippen molar-refractivity contribution in [1.82, 2.24) is 0 Å². The predicted molar refractivity (Wildman–Crippen MR) is 77.6 cm³/mol. The van der Waals surface area contributed by atoms with Gasteiger partial charge < -0.3 is 11.1 Å². The van der Waals surface area contributed by atoms with Crippen molar-refractivity contribution < 1.29 is 4.79 Å². The van der Waals surface area contributed by atoms with Crippen LogP contribution in [-0.4, -0.2) is 11.4 Å². The standard InChI is InChI=1S/C14H19BrN2O/c1-8-6-11(15)7-9(2)12(8)17-13(18)14(3,16)10-4-5-10/h6-7,10H,4-5,16H2,1-3H3,(H,17,18). The van der Waals surface area contributed by atoms with Crippen LogP contribution in [0.1, 0.15) is 30.9 Å². The Kier molecular flexibility index (Phi) is 3.52. The second-order valence-electron chi connectivity index (χ2n) is 5.43. The molecular formula is C14H19BrN2O. The first-order valence-electron chi connectivity index (χ1n) is 6.19. The summed E-state index contributed by atoms with van der Waals surface area (Å²) in [6, 6.07) is 3.99. The average molecular weight is 311 g/mol.